The third-order valence-corrected chi connectivity index (χ3v) is 4.47. The van der Waals surface area contributed by atoms with Crippen molar-refractivity contribution < 1.29 is 0 Å². The standard InChI is InChI=1S/C16H21N/c1-4-16(2,3)13-7-8-15-12(10-13)11-14-6-5-9-17(14)15/h7-8,10-11H,4-6,9H2,1-3H3. The predicted molar refractivity (Wildman–Crippen MR) is 73.6 cm³/mol. The van der Waals surface area contributed by atoms with E-state index in [1.165, 1.54) is 48.0 Å². The SMILES string of the molecule is CCC(C)(C)c1ccc2c(c1)cc1n2CCC1. The second kappa shape index (κ2) is 3.63. The highest BCUT2D eigenvalue weighted by Crippen LogP contribution is 2.32. The zero-order valence-corrected chi connectivity index (χ0v) is 11.1. The number of aryl methyl sites for hydroxylation is 2. The summed E-state index contributed by atoms with van der Waals surface area (Å²) < 4.78 is 2.48. The minimum Gasteiger partial charge on any atom is -0.345 e. The van der Waals surface area contributed by atoms with Crippen LogP contribution in [0.2, 0.25) is 0 Å². The molecule has 90 valence electrons. The molecule has 0 fully saturated rings. The van der Waals surface area contributed by atoms with Crippen LogP contribution < -0.4 is 0 Å². The molecule has 3 rings (SSSR count). The second-order valence-electron chi connectivity index (χ2n) is 5.90. The molecule has 1 aliphatic rings. The third kappa shape index (κ3) is 1.60. The monoisotopic (exact) mass is 227 g/mol. The Balaban J connectivity index is 2.15. The molecule has 2 heterocycles. The zero-order valence-electron chi connectivity index (χ0n) is 11.1. The van der Waals surface area contributed by atoms with E-state index in [1.54, 1.807) is 0 Å². The van der Waals surface area contributed by atoms with E-state index in [2.05, 4.69) is 49.6 Å². The number of nitrogens with zero attached hydrogens (tertiary/aromatic N) is 1. The van der Waals surface area contributed by atoms with Gasteiger partial charge < -0.3 is 4.57 Å². The average Bonchev–Trinajstić information content (AvgIpc) is 2.87. The van der Waals surface area contributed by atoms with Crippen molar-refractivity contribution >= 4 is 10.9 Å². The lowest BCUT2D eigenvalue weighted by atomic mass is 9.82. The summed E-state index contributed by atoms with van der Waals surface area (Å²) >= 11 is 0. The molecule has 0 amide bonds. The van der Waals surface area contributed by atoms with Crippen molar-refractivity contribution in [1.82, 2.24) is 4.57 Å². The maximum absolute atomic E-state index is 2.48. The fraction of sp³-hybridized carbons (Fsp3) is 0.500. The Kier molecular flexibility index (Phi) is 2.32. The van der Waals surface area contributed by atoms with Gasteiger partial charge in [-0.3, -0.25) is 0 Å². The molecule has 17 heavy (non-hydrogen) atoms. The van der Waals surface area contributed by atoms with Crippen LogP contribution in [0.15, 0.2) is 24.3 Å². The first-order valence-corrected chi connectivity index (χ1v) is 6.74. The molecule has 0 unspecified atom stereocenters. The first-order valence-electron chi connectivity index (χ1n) is 6.74. The summed E-state index contributed by atoms with van der Waals surface area (Å²) in [6.07, 6.45) is 3.75. The van der Waals surface area contributed by atoms with E-state index in [1.807, 2.05) is 0 Å². The van der Waals surface area contributed by atoms with Crippen LogP contribution in [0.4, 0.5) is 0 Å². The van der Waals surface area contributed by atoms with Gasteiger partial charge in [0.05, 0.1) is 0 Å². The number of fused-ring (bicyclic) bond motifs is 3. The first kappa shape index (κ1) is 10.9. The Morgan fingerprint density at radius 3 is 2.82 bits per heavy atom. The summed E-state index contributed by atoms with van der Waals surface area (Å²) in [4.78, 5) is 0. The van der Waals surface area contributed by atoms with Crippen LogP contribution in [-0.2, 0) is 18.4 Å². The van der Waals surface area contributed by atoms with E-state index in [4.69, 9.17) is 0 Å². The van der Waals surface area contributed by atoms with Crippen molar-refractivity contribution in [1.29, 1.82) is 0 Å². The summed E-state index contributed by atoms with van der Waals surface area (Å²) in [7, 11) is 0. The van der Waals surface area contributed by atoms with Gasteiger partial charge in [0, 0.05) is 23.1 Å². The molecule has 2 aromatic rings. The number of benzene rings is 1. The molecular formula is C16H21N. The predicted octanol–water partition coefficient (Wildman–Crippen LogP) is 4.28. The van der Waals surface area contributed by atoms with Gasteiger partial charge in [-0.2, -0.15) is 0 Å². The Morgan fingerprint density at radius 2 is 2.06 bits per heavy atom. The van der Waals surface area contributed by atoms with Gasteiger partial charge in [-0.15, -0.1) is 0 Å². The topological polar surface area (TPSA) is 4.93 Å². The molecule has 1 aromatic carbocycles. The summed E-state index contributed by atoms with van der Waals surface area (Å²) in [6.45, 7) is 8.13. The highest BCUT2D eigenvalue weighted by molar-refractivity contribution is 5.82. The maximum Gasteiger partial charge on any atom is 0.0482 e. The van der Waals surface area contributed by atoms with Gasteiger partial charge in [0.2, 0.25) is 0 Å². The molecule has 0 N–H and O–H groups in total. The van der Waals surface area contributed by atoms with Crippen LogP contribution in [-0.4, -0.2) is 4.57 Å². The van der Waals surface area contributed by atoms with Crippen LogP contribution in [0.1, 0.15) is 44.9 Å². The molecule has 0 atom stereocenters. The van der Waals surface area contributed by atoms with E-state index in [9.17, 15) is 0 Å². The number of rotatable bonds is 2. The number of aromatic nitrogens is 1. The van der Waals surface area contributed by atoms with Crippen molar-refractivity contribution in [2.45, 2.75) is 52.0 Å². The van der Waals surface area contributed by atoms with Crippen molar-refractivity contribution in [2.75, 3.05) is 0 Å². The minimum absolute atomic E-state index is 0.292. The van der Waals surface area contributed by atoms with Crippen LogP contribution >= 0.6 is 0 Å². The van der Waals surface area contributed by atoms with Crippen molar-refractivity contribution in [3.05, 3.63) is 35.5 Å². The van der Waals surface area contributed by atoms with E-state index in [-0.39, 0.29) is 0 Å². The van der Waals surface area contributed by atoms with Gasteiger partial charge >= 0.3 is 0 Å². The maximum atomic E-state index is 2.48. The van der Waals surface area contributed by atoms with E-state index < -0.39 is 0 Å². The lowest BCUT2D eigenvalue weighted by Crippen LogP contribution is -2.15. The van der Waals surface area contributed by atoms with Crippen molar-refractivity contribution in [3.63, 3.8) is 0 Å². The molecule has 1 nitrogen and oxygen atoms in total. The van der Waals surface area contributed by atoms with E-state index in [0.29, 0.717) is 5.41 Å². The smallest absolute Gasteiger partial charge is 0.0482 e. The molecule has 0 radical (unpaired) electrons. The average molecular weight is 227 g/mol. The zero-order chi connectivity index (χ0) is 12.0. The normalized spacial score (nSPS) is 15.5. The van der Waals surface area contributed by atoms with E-state index in [0.717, 1.165) is 0 Å². The van der Waals surface area contributed by atoms with Gasteiger partial charge in [-0.25, -0.2) is 0 Å². The lowest BCUT2D eigenvalue weighted by molar-refractivity contribution is 0.507. The summed E-state index contributed by atoms with van der Waals surface area (Å²) in [5.74, 6) is 0. The van der Waals surface area contributed by atoms with Crippen molar-refractivity contribution in [3.8, 4) is 0 Å². The molecule has 0 saturated heterocycles. The highest BCUT2D eigenvalue weighted by atomic mass is 15.0. The Morgan fingerprint density at radius 1 is 1.24 bits per heavy atom. The molecule has 1 heteroatoms. The fourth-order valence-electron chi connectivity index (χ4n) is 2.84. The molecule has 0 bridgehead atoms. The first-order chi connectivity index (χ1) is 8.12. The summed E-state index contributed by atoms with van der Waals surface area (Å²) in [5.41, 5.74) is 4.71. The van der Waals surface area contributed by atoms with Crippen LogP contribution in [0.5, 0.6) is 0 Å². The highest BCUT2D eigenvalue weighted by Gasteiger charge is 2.20. The third-order valence-electron chi connectivity index (χ3n) is 4.47. The van der Waals surface area contributed by atoms with Gasteiger partial charge in [0.1, 0.15) is 0 Å². The second-order valence-corrected chi connectivity index (χ2v) is 5.90. The van der Waals surface area contributed by atoms with Gasteiger partial charge in [0.15, 0.2) is 0 Å². The van der Waals surface area contributed by atoms with Gasteiger partial charge in [0.25, 0.3) is 0 Å². The minimum atomic E-state index is 0.292. The molecule has 0 saturated carbocycles. The Hall–Kier alpha value is -1.24. The van der Waals surface area contributed by atoms with Crippen molar-refractivity contribution in [2.24, 2.45) is 0 Å². The number of hydrogen-bond donors (Lipinski definition) is 0. The van der Waals surface area contributed by atoms with Crippen LogP contribution in [0.3, 0.4) is 0 Å². The summed E-state index contributed by atoms with van der Waals surface area (Å²) in [6, 6.07) is 9.41. The van der Waals surface area contributed by atoms with Crippen LogP contribution in [0.25, 0.3) is 10.9 Å². The van der Waals surface area contributed by atoms with E-state index >= 15 is 0 Å². The Labute approximate surface area is 103 Å². The molecular weight excluding hydrogens is 206 g/mol. The van der Waals surface area contributed by atoms with Gasteiger partial charge in [-0.05, 0) is 48.4 Å². The van der Waals surface area contributed by atoms with Crippen LogP contribution in [0, 0.1) is 0 Å². The fourth-order valence-corrected chi connectivity index (χ4v) is 2.84. The van der Waals surface area contributed by atoms with Gasteiger partial charge in [-0.1, -0.05) is 26.8 Å². The number of hydrogen-bond acceptors (Lipinski definition) is 0. The summed E-state index contributed by atoms with van der Waals surface area (Å²) in [5, 5.41) is 1.43. The Bertz CT molecular complexity index is 560. The molecule has 1 aliphatic heterocycles. The quantitative estimate of drug-likeness (QED) is 0.722. The largest absolute Gasteiger partial charge is 0.345 e. The lowest BCUT2D eigenvalue weighted by Gasteiger charge is -2.23. The molecule has 0 aliphatic carbocycles. The molecule has 0 spiro atoms. The molecule has 1 aromatic heterocycles.